The van der Waals surface area contributed by atoms with Gasteiger partial charge in [0.25, 0.3) is 0 Å². The van der Waals surface area contributed by atoms with Gasteiger partial charge in [0.15, 0.2) is 0 Å². The molecule has 0 N–H and O–H groups in total. The molecule has 0 aromatic rings. The first-order valence-corrected chi connectivity index (χ1v) is 5.05. The van der Waals surface area contributed by atoms with Crippen molar-refractivity contribution in [1.29, 1.82) is 0 Å². The molecule has 0 aromatic carbocycles. The van der Waals surface area contributed by atoms with Crippen LogP contribution in [0.15, 0.2) is 0 Å². The number of ether oxygens (including phenoxy) is 1. The fourth-order valence-corrected chi connectivity index (χ4v) is 0.880. The molecule has 78 valence electrons. The molecule has 0 radical (unpaired) electrons. The number of carbonyl (C=O) groups excluding carboxylic acids is 1. The van der Waals surface area contributed by atoms with Crippen molar-refractivity contribution in [3.63, 3.8) is 0 Å². The summed E-state index contributed by atoms with van der Waals surface area (Å²) in [6.07, 6.45) is 0.619. The normalized spacial score (nSPS) is 11.2. The molecule has 1 amide bonds. The summed E-state index contributed by atoms with van der Waals surface area (Å²) in [5.74, 6) is 0.785. The number of thiol groups is 1. The van der Waals surface area contributed by atoms with Crippen LogP contribution in [-0.4, -0.2) is 35.9 Å². The van der Waals surface area contributed by atoms with Crippen LogP contribution in [0, 0.1) is 0 Å². The topological polar surface area (TPSA) is 29.5 Å². The minimum Gasteiger partial charge on any atom is -0.444 e. The summed E-state index contributed by atoms with van der Waals surface area (Å²) in [5.41, 5.74) is -0.410. The van der Waals surface area contributed by atoms with Gasteiger partial charge in [-0.1, -0.05) is 0 Å². The fraction of sp³-hybridized carbons (Fsp3) is 0.889. The van der Waals surface area contributed by atoms with E-state index >= 15 is 0 Å². The van der Waals surface area contributed by atoms with Crippen LogP contribution in [0.1, 0.15) is 27.2 Å². The lowest BCUT2D eigenvalue weighted by atomic mass is 10.2. The van der Waals surface area contributed by atoms with Crippen LogP contribution in [0.4, 0.5) is 4.79 Å². The van der Waals surface area contributed by atoms with Crippen LogP contribution in [0.2, 0.25) is 0 Å². The summed E-state index contributed by atoms with van der Waals surface area (Å²) >= 11 is 4.07. The first kappa shape index (κ1) is 12.6. The molecule has 0 aliphatic rings. The van der Waals surface area contributed by atoms with E-state index < -0.39 is 5.60 Å². The Balaban J connectivity index is 3.83. The number of hydrogen-bond donors (Lipinski definition) is 1. The van der Waals surface area contributed by atoms with Crippen molar-refractivity contribution in [2.45, 2.75) is 32.8 Å². The van der Waals surface area contributed by atoms with E-state index in [1.54, 1.807) is 11.9 Å². The summed E-state index contributed by atoms with van der Waals surface area (Å²) in [5, 5.41) is 0. The second-order valence-corrected chi connectivity index (χ2v) is 4.43. The van der Waals surface area contributed by atoms with E-state index in [2.05, 4.69) is 12.6 Å². The maximum Gasteiger partial charge on any atom is 0.410 e. The Bertz CT molecular complexity index is 165. The molecule has 4 heteroatoms. The molecule has 0 atom stereocenters. The van der Waals surface area contributed by atoms with Gasteiger partial charge < -0.3 is 9.64 Å². The average Bonchev–Trinajstić information content (AvgIpc) is 1.96. The SMILES string of the molecule is CN(CCCS)C(=O)OC(C)(C)C. The second kappa shape index (κ2) is 5.37. The Morgan fingerprint density at radius 2 is 2.00 bits per heavy atom. The number of nitrogens with zero attached hydrogens (tertiary/aromatic N) is 1. The van der Waals surface area contributed by atoms with Gasteiger partial charge in [-0.2, -0.15) is 12.6 Å². The molecule has 0 spiro atoms. The average molecular weight is 205 g/mol. The van der Waals surface area contributed by atoms with Crippen molar-refractivity contribution in [3.05, 3.63) is 0 Å². The molecular weight excluding hydrogens is 186 g/mol. The van der Waals surface area contributed by atoms with Gasteiger partial charge in [-0.15, -0.1) is 0 Å². The molecule has 0 saturated carbocycles. The zero-order valence-electron chi connectivity index (χ0n) is 8.83. The Hall–Kier alpha value is -0.380. The number of rotatable bonds is 3. The lowest BCUT2D eigenvalue weighted by molar-refractivity contribution is 0.0299. The molecule has 0 aromatic heterocycles. The Morgan fingerprint density at radius 1 is 1.46 bits per heavy atom. The molecule has 0 fully saturated rings. The van der Waals surface area contributed by atoms with Gasteiger partial charge in [-0.05, 0) is 32.9 Å². The lowest BCUT2D eigenvalue weighted by Gasteiger charge is -2.24. The van der Waals surface area contributed by atoms with Crippen LogP contribution in [0.5, 0.6) is 0 Å². The molecule has 13 heavy (non-hydrogen) atoms. The molecule has 0 aliphatic heterocycles. The van der Waals surface area contributed by atoms with Crippen LogP contribution in [-0.2, 0) is 4.74 Å². The Kier molecular flexibility index (Phi) is 5.21. The van der Waals surface area contributed by atoms with Crippen molar-refractivity contribution in [1.82, 2.24) is 4.90 Å². The predicted octanol–water partition coefficient (Wildman–Crippen LogP) is 2.17. The predicted molar refractivity (Wildman–Crippen MR) is 57.3 cm³/mol. The summed E-state index contributed by atoms with van der Waals surface area (Å²) in [4.78, 5) is 12.9. The molecule has 0 unspecified atom stereocenters. The monoisotopic (exact) mass is 205 g/mol. The molecule has 0 aliphatic carbocycles. The van der Waals surface area contributed by atoms with E-state index in [1.807, 2.05) is 20.8 Å². The van der Waals surface area contributed by atoms with E-state index in [1.165, 1.54) is 0 Å². The van der Waals surface area contributed by atoms with Gasteiger partial charge in [0, 0.05) is 13.6 Å². The summed E-state index contributed by atoms with van der Waals surface area (Å²) in [6.45, 7) is 6.27. The summed E-state index contributed by atoms with van der Waals surface area (Å²) in [7, 11) is 1.73. The highest BCUT2D eigenvalue weighted by Gasteiger charge is 2.18. The smallest absolute Gasteiger partial charge is 0.410 e. The van der Waals surface area contributed by atoms with Gasteiger partial charge >= 0.3 is 6.09 Å². The first-order chi connectivity index (χ1) is 5.87. The zero-order chi connectivity index (χ0) is 10.5. The molecular formula is C9H19NO2S. The van der Waals surface area contributed by atoms with E-state index in [0.29, 0.717) is 6.54 Å². The number of amides is 1. The van der Waals surface area contributed by atoms with Crippen molar-refractivity contribution >= 4 is 18.7 Å². The number of carbonyl (C=O) groups is 1. The van der Waals surface area contributed by atoms with E-state index in [0.717, 1.165) is 12.2 Å². The van der Waals surface area contributed by atoms with Crippen molar-refractivity contribution in [3.8, 4) is 0 Å². The van der Waals surface area contributed by atoms with Crippen LogP contribution in [0.25, 0.3) is 0 Å². The van der Waals surface area contributed by atoms with Gasteiger partial charge in [-0.25, -0.2) is 4.79 Å². The van der Waals surface area contributed by atoms with E-state index in [4.69, 9.17) is 4.74 Å². The lowest BCUT2D eigenvalue weighted by Crippen LogP contribution is -2.34. The summed E-state index contributed by atoms with van der Waals surface area (Å²) < 4.78 is 5.16. The zero-order valence-corrected chi connectivity index (χ0v) is 9.73. The van der Waals surface area contributed by atoms with Gasteiger partial charge in [0.1, 0.15) is 5.60 Å². The maximum atomic E-state index is 11.3. The van der Waals surface area contributed by atoms with Crippen LogP contribution in [0.3, 0.4) is 0 Å². The molecule has 3 nitrogen and oxygen atoms in total. The Labute approximate surface area is 85.8 Å². The van der Waals surface area contributed by atoms with Crippen molar-refractivity contribution in [2.75, 3.05) is 19.3 Å². The second-order valence-electron chi connectivity index (χ2n) is 3.98. The quantitative estimate of drug-likeness (QED) is 0.716. The largest absolute Gasteiger partial charge is 0.444 e. The minimum atomic E-state index is -0.410. The first-order valence-electron chi connectivity index (χ1n) is 4.42. The van der Waals surface area contributed by atoms with Crippen LogP contribution < -0.4 is 0 Å². The molecule has 0 rings (SSSR count). The summed E-state index contributed by atoms with van der Waals surface area (Å²) in [6, 6.07) is 0. The van der Waals surface area contributed by atoms with E-state index in [-0.39, 0.29) is 6.09 Å². The van der Waals surface area contributed by atoms with Gasteiger partial charge in [-0.3, -0.25) is 0 Å². The fourth-order valence-electron chi connectivity index (χ4n) is 0.739. The van der Waals surface area contributed by atoms with Crippen molar-refractivity contribution < 1.29 is 9.53 Å². The van der Waals surface area contributed by atoms with Gasteiger partial charge in [0.05, 0.1) is 0 Å². The molecule has 0 heterocycles. The highest BCUT2D eigenvalue weighted by molar-refractivity contribution is 7.80. The van der Waals surface area contributed by atoms with Crippen LogP contribution >= 0.6 is 12.6 Å². The third-order valence-corrected chi connectivity index (χ3v) is 1.67. The standard InChI is InChI=1S/C9H19NO2S/c1-9(2,3)12-8(11)10(4)6-5-7-13/h13H,5-7H2,1-4H3. The third-order valence-electron chi connectivity index (χ3n) is 1.36. The Morgan fingerprint density at radius 3 is 2.38 bits per heavy atom. The van der Waals surface area contributed by atoms with E-state index in [9.17, 15) is 4.79 Å². The maximum absolute atomic E-state index is 11.3. The minimum absolute atomic E-state index is 0.269. The van der Waals surface area contributed by atoms with Crippen molar-refractivity contribution in [2.24, 2.45) is 0 Å². The highest BCUT2D eigenvalue weighted by atomic mass is 32.1. The third kappa shape index (κ3) is 6.75. The number of hydrogen-bond acceptors (Lipinski definition) is 3. The molecule has 0 bridgehead atoms. The highest BCUT2D eigenvalue weighted by Crippen LogP contribution is 2.09. The van der Waals surface area contributed by atoms with Gasteiger partial charge in [0.2, 0.25) is 0 Å². The molecule has 0 saturated heterocycles.